The van der Waals surface area contributed by atoms with Crippen molar-refractivity contribution < 1.29 is 29.4 Å². The molecule has 0 amide bonds. The van der Waals surface area contributed by atoms with Crippen LogP contribution in [-0.4, -0.2) is 33.3 Å². The van der Waals surface area contributed by atoms with Gasteiger partial charge in [0, 0.05) is 22.3 Å². The highest BCUT2D eigenvalue weighted by molar-refractivity contribution is 6.49. The van der Waals surface area contributed by atoms with E-state index < -0.39 is 23.1 Å². The second-order valence-electron chi connectivity index (χ2n) is 7.56. The Morgan fingerprint density at radius 2 is 0.559 bits per heavy atom. The summed E-state index contributed by atoms with van der Waals surface area (Å²) in [5.74, 6) is -2.66. The molecular formula is C28H18O6. The Labute approximate surface area is 194 Å². The van der Waals surface area contributed by atoms with Gasteiger partial charge in [0.2, 0.25) is 23.1 Å². The Balaban J connectivity index is 1.47. The maximum Gasteiger partial charge on any atom is 0.233 e. The van der Waals surface area contributed by atoms with Crippen LogP contribution in [0.25, 0.3) is 11.1 Å². The molecule has 6 nitrogen and oxygen atoms in total. The number of Topliss-reactive ketones (excluding diaryl/α,β-unsaturated/α-hetero) is 4. The molecule has 0 saturated carbocycles. The molecule has 2 N–H and O–H groups in total. The fraction of sp³-hybridized carbons (Fsp3) is 0. The highest BCUT2D eigenvalue weighted by Gasteiger charge is 2.20. The van der Waals surface area contributed by atoms with Gasteiger partial charge < -0.3 is 10.2 Å². The lowest BCUT2D eigenvalue weighted by Crippen LogP contribution is -2.14. The van der Waals surface area contributed by atoms with Crippen LogP contribution in [0.5, 0.6) is 11.5 Å². The van der Waals surface area contributed by atoms with Gasteiger partial charge in [0.25, 0.3) is 0 Å². The zero-order valence-electron chi connectivity index (χ0n) is 17.8. The molecule has 0 atom stereocenters. The summed E-state index contributed by atoms with van der Waals surface area (Å²) in [6.07, 6.45) is 0. The van der Waals surface area contributed by atoms with E-state index in [4.69, 9.17) is 0 Å². The fourth-order valence-electron chi connectivity index (χ4n) is 3.38. The van der Waals surface area contributed by atoms with Gasteiger partial charge in [-0.3, -0.25) is 19.2 Å². The predicted molar refractivity (Wildman–Crippen MR) is 125 cm³/mol. The number of hydrogen-bond acceptors (Lipinski definition) is 6. The summed E-state index contributed by atoms with van der Waals surface area (Å²) in [5, 5.41) is 18.7. The maximum absolute atomic E-state index is 12.5. The number of phenols is 2. The van der Waals surface area contributed by atoms with E-state index >= 15 is 0 Å². The number of rotatable bonds is 7. The number of phenolic OH excluding ortho intramolecular Hbond substituents is 2. The third-order valence-electron chi connectivity index (χ3n) is 5.30. The van der Waals surface area contributed by atoms with Crippen molar-refractivity contribution in [2.75, 3.05) is 0 Å². The van der Waals surface area contributed by atoms with E-state index in [-0.39, 0.29) is 33.8 Å². The van der Waals surface area contributed by atoms with Gasteiger partial charge in [0.1, 0.15) is 11.5 Å². The first-order valence-corrected chi connectivity index (χ1v) is 10.3. The van der Waals surface area contributed by atoms with Crippen molar-refractivity contribution in [2.24, 2.45) is 0 Å². The summed E-state index contributed by atoms with van der Waals surface area (Å²) >= 11 is 0. The zero-order chi connectivity index (χ0) is 24.2. The highest BCUT2D eigenvalue weighted by atomic mass is 16.3. The molecule has 0 spiro atoms. The number of aromatic hydroxyl groups is 2. The maximum atomic E-state index is 12.5. The van der Waals surface area contributed by atoms with Crippen molar-refractivity contribution in [3.63, 3.8) is 0 Å². The lowest BCUT2D eigenvalue weighted by molar-refractivity contribution is 0.0817. The van der Waals surface area contributed by atoms with Gasteiger partial charge in [-0.2, -0.15) is 0 Å². The minimum atomic E-state index is -0.672. The molecule has 0 saturated heterocycles. The van der Waals surface area contributed by atoms with Gasteiger partial charge >= 0.3 is 0 Å². The molecule has 0 unspecified atom stereocenters. The number of carbonyl (C=O) groups excluding carboxylic acids is 4. The second-order valence-corrected chi connectivity index (χ2v) is 7.56. The molecule has 0 fully saturated rings. The first-order chi connectivity index (χ1) is 16.3. The van der Waals surface area contributed by atoms with Gasteiger partial charge in [-0.15, -0.1) is 0 Å². The van der Waals surface area contributed by atoms with Gasteiger partial charge in [-0.05, 0) is 59.7 Å². The largest absolute Gasteiger partial charge is 0.508 e. The average molecular weight is 450 g/mol. The number of benzene rings is 4. The Hall–Kier alpha value is -4.84. The van der Waals surface area contributed by atoms with Crippen LogP contribution in [0.4, 0.5) is 0 Å². The molecule has 0 heterocycles. The van der Waals surface area contributed by atoms with Crippen LogP contribution >= 0.6 is 0 Å². The van der Waals surface area contributed by atoms with Crippen molar-refractivity contribution in [3.8, 4) is 22.6 Å². The van der Waals surface area contributed by atoms with Crippen LogP contribution in [0.1, 0.15) is 41.4 Å². The van der Waals surface area contributed by atoms with E-state index in [0.717, 1.165) is 11.1 Å². The van der Waals surface area contributed by atoms with Crippen LogP contribution in [0.15, 0.2) is 97.1 Å². The Morgan fingerprint density at radius 1 is 0.353 bits per heavy atom. The van der Waals surface area contributed by atoms with Crippen molar-refractivity contribution in [3.05, 3.63) is 119 Å². The van der Waals surface area contributed by atoms with Crippen molar-refractivity contribution in [2.45, 2.75) is 0 Å². The summed E-state index contributed by atoms with van der Waals surface area (Å²) in [5.41, 5.74) is 2.36. The molecule has 0 aliphatic carbocycles. The molecule has 4 rings (SSSR count). The molecule has 4 aromatic rings. The topological polar surface area (TPSA) is 109 Å². The quantitative estimate of drug-likeness (QED) is 0.306. The van der Waals surface area contributed by atoms with Gasteiger partial charge in [0.15, 0.2) is 0 Å². The summed E-state index contributed by atoms with van der Waals surface area (Å²) in [6.45, 7) is 0. The number of carbonyl (C=O) groups is 4. The Bertz CT molecular complexity index is 1270. The molecular weight excluding hydrogens is 432 g/mol. The van der Waals surface area contributed by atoms with Crippen molar-refractivity contribution >= 4 is 23.1 Å². The summed E-state index contributed by atoms with van der Waals surface area (Å²) in [7, 11) is 0. The third-order valence-corrected chi connectivity index (χ3v) is 5.30. The minimum absolute atomic E-state index is 0.00536. The third kappa shape index (κ3) is 4.66. The van der Waals surface area contributed by atoms with Crippen LogP contribution in [0.3, 0.4) is 0 Å². The summed E-state index contributed by atoms with van der Waals surface area (Å²) in [4.78, 5) is 49.8. The lowest BCUT2D eigenvalue weighted by atomic mass is 9.96. The molecule has 4 aromatic carbocycles. The molecule has 0 aromatic heterocycles. The normalized spacial score (nSPS) is 10.5. The lowest BCUT2D eigenvalue weighted by Gasteiger charge is -2.06. The van der Waals surface area contributed by atoms with Gasteiger partial charge in [-0.25, -0.2) is 0 Å². The first kappa shape index (κ1) is 22.4. The van der Waals surface area contributed by atoms with E-state index in [1.807, 2.05) is 0 Å². The minimum Gasteiger partial charge on any atom is -0.508 e. The van der Waals surface area contributed by atoms with Crippen LogP contribution in [-0.2, 0) is 0 Å². The molecule has 166 valence electrons. The fourth-order valence-corrected chi connectivity index (χ4v) is 3.38. The van der Waals surface area contributed by atoms with Crippen molar-refractivity contribution in [1.82, 2.24) is 0 Å². The second kappa shape index (κ2) is 9.34. The Kier molecular flexibility index (Phi) is 6.14. The number of ketones is 4. The average Bonchev–Trinajstić information content (AvgIpc) is 2.88. The smallest absolute Gasteiger partial charge is 0.233 e. The molecule has 0 aliphatic rings. The van der Waals surface area contributed by atoms with E-state index in [1.54, 1.807) is 48.5 Å². The SMILES string of the molecule is O=C(C(=O)c1ccc(-c2ccc(C(=O)C(=O)c3ccc(O)cc3)cc2)cc1)c1ccc(O)cc1. The summed E-state index contributed by atoms with van der Waals surface area (Å²) in [6, 6.07) is 23.9. The molecule has 0 aliphatic heterocycles. The highest BCUT2D eigenvalue weighted by Crippen LogP contribution is 2.22. The van der Waals surface area contributed by atoms with E-state index in [9.17, 15) is 29.4 Å². The first-order valence-electron chi connectivity index (χ1n) is 10.3. The molecule has 34 heavy (non-hydrogen) atoms. The zero-order valence-corrected chi connectivity index (χ0v) is 17.8. The van der Waals surface area contributed by atoms with E-state index in [2.05, 4.69) is 0 Å². The van der Waals surface area contributed by atoms with Crippen molar-refractivity contribution in [1.29, 1.82) is 0 Å². The Morgan fingerprint density at radius 3 is 0.794 bits per heavy atom. The van der Waals surface area contributed by atoms with Crippen LogP contribution in [0, 0.1) is 0 Å². The molecule has 0 bridgehead atoms. The van der Waals surface area contributed by atoms with Gasteiger partial charge in [-0.1, -0.05) is 48.5 Å². The standard InChI is InChI=1S/C28H18O6/c29-23-13-9-21(10-14-23)27(33)25(31)19-5-1-17(2-6-19)18-3-7-20(8-4-18)26(32)28(34)22-11-15-24(30)16-12-22/h1-16,29-30H. The molecule has 0 radical (unpaired) electrons. The van der Waals surface area contributed by atoms with Crippen LogP contribution < -0.4 is 0 Å². The monoisotopic (exact) mass is 450 g/mol. The van der Waals surface area contributed by atoms with E-state index in [0.29, 0.717) is 0 Å². The number of hydrogen-bond donors (Lipinski definition) is 2. The van der Waals surface area contributed by atoms with Gasteiger partial charge in [0.05, 0.1) is 0 Å². The van der Waals surface area contributed by atoms with E-state index in [1.165, 1.54) is 48.5 Å². The predicted octanol–water partition coefficient (Wildman–Crippen LogP) is 4.90. The summed E-state index contributed by atoms with van der Waals surface area (Å²) < 4.78 is 0. The molecule has 6 heteroatoms. The van der Waals surface area contributed by atoms with Crippen LogP contribution in [0.2, 0.25) is 0 Å².